The van der Waals surface area contributed by atoms with E-state index in [2.05, 4.69) is 94.8 Å². The summed E-state index contributed by atoms with van der Waals surface area (Å²) in [6.07, 6.45) is -1.01. The second-order valence-electron chi connectivity index (χ2n) is 15.2. The van der Waals surface area contributed by atoms with Crippen LogP contribution in [0.4, 0.5) is 17.2 Å². The highest BCUT2D eigenvalue weighted by molar-refractivity contribution is 7.66. The second-order valence-corrected chi connectivity index (χ2v) is 19.8. The van der Waals surface area contributed by atoms with Gasteiger partial charge in [0.1, 0.15) is 36.7 Å². The lowest BCUT2D eigenvalue weighted by atomic mass is 10.1. The van der Waals surface area contributed by atoms with Crippen molar-refractivity contribution in [3.8, 4) is 0 Å². The first kappa shape index (κ1) is 48.3. The van der Waals surface area contributed by atoms with Crippen LogP contribution in [0.3, 0.4) is 0 Å². The number of nitrogens with two attached hydrogens (primary N) is 1. The predicted molar refractivity (Wildman–Crippen MR) is 228 cm³/mol. The number of hydrogen-bond acceptors (Lipinski definition) is 18. The number of aromatic nitrogens is 5. The summed E-state index contributed by atoms with van der Waals surface area (Å²) in [5, 5.41) is 26.1. The number of amides is 1. The summed E-state index contributed by atoms with van der Waals surface area (Å²) in [7, 11) is -8.91. The third kappa shape index (κ3) is 12.3. The summed E-state index contributed by atoms with van der Waals surface area (Å²) in [5.74, 6) is -0.0575. The van der Waals surface area contributed by atoms with Crippen LogP contribution in [0.2, 0.25) is 0 Å². The van der Waals surface area contributed by atoms with Crippen LogP contribution in [0.5, 0.6) is 0 Å². The van der Waals surface area contributed by atoms with Gasteiger partial charge in [0.25, 0.3) is 7.82 Å². The number of pyridine rings is 1. The number of nitrogens with one attached hydrogen (secondary N) is 1. The molecule has 7 atom stereocenters. The zero-order valence-electron chi connectivity index (χ0n) is 35.0. The van der Waals surface area contributed by atoms with Crippen molar-refractivity contribution in [2.24, 2.45) is 0 Å². The van der Waals surface area contributed by atoms with Gasteiger partial charge >= 0.3 is 15.6 Å². The molecule has 344 valence electrons. The largest absolute Gasteiger partial charge is 0.756 e. The number of carbonyl (C=O) groups excluding carboxylic acids is 1. The number of unbranched alkanes of at least 4 members (excludes halogenated alkanes) is 3. The van der Waals surface area contributed by atoms with E-state index in [1.54, 1.807) is 0 Å². The maximum atomic E-state index is 12.7. The average molecular weight is 940 g/mol. The van der Waals surface area contributed by atoms with Crippen molar-refractivity contribution in [2.75, 3.05) is 63.5 Å². The highest BCUT2D eigenvalue weighted by Gasteiger charge is 2.46. The molecule has 2 aromatic carbocycles. The van der Waals surface area contributed by atoms with Gasteiger partial charge in [-0.3, -0.25) is 18.5 Å². The molecule has 26 heteroatoms. The molecule has 0 bridgehead atoms. The molecule has 7 N–H and O–H groups in total. The number of rotatable bonds is 22. The molecule has 0 saturated carbocycles. The van der Waals surface area contributed by atoms with Gasteiger partial charge in [-0.15, -0.1) is 0 Å². The summed E-state index contributed by atoms with van der Waals surface area (Å²) in [6.45, 7) is -0.390. The predicted octanol–water partition coefficient (Wildman–Crippen LogP) is 2.65. The standard InChI is InChI=1S/C37H52N9O14P3/c1-43(2)26-13-11-24-18-25-12-14-27(44(3)4)20-29(25)45(28(24)19-26)16-9-10-31(47)39-15-7-5-6-8-17-56-61(50,51)59-63(54,55)60-62(52,53)57-21-30-33(48)34(49)37(58-30)46-23-42-32-35(38)40-22-41-36(32)46/h11-14,18-20,22-23,30,33-34,37,48-49H,5-10,15-17,21H2,1-4H3,(H5-,38,39,40,41,47,50,51,52,53,54,55)/t30-,33-,34-,37-/m1/s1. The van der Waals surface area contributed by atoms with Crippen LogP contribution in [-0.2, 0) is 47.4 Å². The van der Waals surface area contributed by atoms with Crippen molar-refractivity contribution in [1.29, 1.82) is 0 Å². The van der Waals surface area contributed by atoms with Gasteiger partial charge in [0.05, 0.1) is 19.5 Å². The zero-order chi connectivity index (χ0) is 45.7. The number of hydrogen-bond donors (Lipinski definition) is 6. The number of carbonyl (C=O) groups is 1. The van der Waals surface area contributed by atoms with Gasteiger partial charge in [-0.25, -0.2) is 28.4 Å². The molecule has 0 radical (unpaired) electrons. The van der Waals surface area contributed by atoms with E-state index in [1.165, 1.54) is 10.9 Å². The number of phosphoric acid groups is 3. The molecular formula is C37H52N9O14P3. The van der Waals surface area contributed by atoms with Crippen molar-refractivity contribution in [1.82, 2.24) is 24.8 Å². The van der Waals surface area contributed by atoms with Gasteiger partial charge in [-0.2, -0.15) is 8.88 Å². The fourth-order valence-electron chi connectivity index (χ4n) is 6.98. The van der Waals surface area contributed by atoms with E-state index in [0.717, 1.165) is 39.5 Å². The first-order valence-electron chi connectivity index (χ1n) is 19.9. The van der Waals surface area contributed by atoms with Crippen molar-refractivity contribution < 1.29 is 70.4 Å². The first-order chi connectivity index (χ1) is 29.7. The molecule has 23 nitrogen and oxygen atoms in total. The summed E-state index contributed by atoms with van der Waals surface area (Å²) < 4.78 is 63.5. The summed E-state index contributed by atoms with van der Waals surface area (Å²) in [5.41, 5.74) is 10.4. The van der Waals surface area contributed by atoms with Gasteiger partial charge in [-0.1, -0.05) is 12.8 Å². The van der Waals surface area contributed by atoms with Crippen LogP contribution < -0.4 is 30.3 Å². The van der Waals surface area contributed by atoms with E-state index < -0.39 is 61.2 Å². The molecule has 1 aliphatic heterocycles. The lowest BCUT2D eigenvalue weighted by molar-refractivity contribution is -0.645. The third-order valence-electron chi connectivity index (χ3n) is 10.2. The molecule has 1 aliphatic rings. The molecule has 3 unspecified atom stereocenters. The number of aryl methyl sites for hydroxylation is 1. The van der Waals surface area contributed by atoms with Crippen LogP contribution in [-0.4, -0.2) is 112 Å². The molecule has 3 aromatic heterocycles. The molecule has 5 aromatic rings. The molecule has 1 saturated heterocycles. The maximum Gasteiger partial charge on any atom is 0.487 e. The van der Waals surface area contributed by atoms with E-state index >= 15 is 0 Å². The Kier molecular flexibility index (Phi) is 15.6. The Labute approximate surface area is 362 Å². The molecule has 0 aliphatic carbocycles. The molecule has 6 rings (SSSR count). The molecular weight excluding hydrogens is 887 g/mol. The molecule has 1 fully saturated rings. The van der Waals surface area contributed by atoms with Crippen LogP contribution >= 0.6 is 23.5 Å². The Hall–Kier alpha value is -4.18. The molecule has 0 spiro atoms. The topological polar surface area (TPSA) is 310 Å². The molecule has 63 heavy (non-hydrogen) atoms. The summed E-state index contributed by atoms with van der Waals surface area (Å²) >= 11 is 0. The number of anilines is 3. The number of aliphatic hydroxyl groups is 2. The minimum Gasteiger partial charge on any atom is -0.756 e. The maximum absolute atomic E-state index is 12.7. The van der Waals surface area contributed by atoms with Gasteiger partial charge in [0.15, 0.2) is 17.7 Å². The van der Waals surface area contributed by atoms with Crippen molar-refractivity contribution in [2.45, 2.75) is 69.6 Å². The van der Waals surface area contributed by atoms with E-state index in [1.807, 2.05) is 28.2 Å². The number of ether oxygens (including phenoxy) is 1. The Balaban J connectivity index is 0.879. The number of aliphatic hydroxyl groups excluding tert-OH is 2. The minimum atomic E-state index is -5.82. The van der Waals surface area contributed by atoms with Gasteiger partial charge in [0.2, 0.25) is 16.9 Å². The Morgan fingerprint density at radius 2 is 1.52 bits per heavy atom. The lowest BCUT2D eigenvalue weighted by Crippen LogP contribution is -2.37. The number of benzene rings is 2. The van der Waals surface area contributed by atoms with Gasteiger partial charge in [0, 0.05) is 81.9 Å². The fraction of sp³-hybridized carbons (Fsp3) is 0.486. The number of nitrogens with zero attached hydrogens (tertiary/aromatic N) is 7. The Morgan fingerprint density at radius 3 is 2.17 bits per heavy atom. The van der Waals surface area contributed by atoms with E-state index in [4.69, 9.17) is 10.5 Å². The third-order valence-corrected chi connectivity index (χ3v) is 14.4. The highest BCUT2D eigenvalue weighted by atomic mass is 31.3. The van der Waals surface area contributed by atoms with E-state index in [9.17, 15) is 43.4 Å². The zero-order valence-corrected chi connectivity index (χ0v) is 37.7. The van der Waals surface area contributed by atoms with Crippen LogP contribution in [0.1, 0.15) is 44.8 Å². The Morgan fingerprint density at radius 1 is 0.873 bits per heavy atom. The van der Waals surface area contributed by atoms with Crippen molar-refractivity contribution in [3.05, 3.63) is 55.1 Å². The van der Waals surface area contributed by atoms with Crippen molar-refractivity contribution >= 4 is 79.5 Å². The Bertz CT molecular complexity index is 2500. The second kappa shape index (κ2) is 20.3. The van der Waals surface area contributed by atoms with E-state index in [-0.39, 0.29) is 29.3 Å². The van der Waals surface area contributed by atoms with Crippen molar-refractivity contribution in [3.63, 3.8) is 0 Å². The lowest BCUT2D eigenvalue weighted by Gasteiger charge is -2.25. The van der Waals surface area contributed by atoms with Crippen LogP contribution in [0.25, 0.3) is 33.0 Å². The monoisotopic (exact) mass is 939 g/mol. The highest BCUT2D eigenvalue weighted by Crippen LogP contribution is 2.66. The quantitative estimate of drug-likeness (QED) is 0.0251. The first-order valence-corrected chi connectivity index (χ1v) is 24.3. The molecule has 1 amide bonds. The van der Waals surface area contributed by atoms with Crippen LogP contribution in [0, 0.1) is 0 Å². The fourth-order valence-corrected chi connectivity index (χ4v) is 10.5. The number of imidazole rings is 1. The number of nitrogen functional groups attached to an aromatic ring is 1. The number of phosphoric ester groups is 2. The average Bonchev–Trinajstić information content (AvgIpc) is 3.76. The number of fused-ring (bicyclic) bond motifs is 3. The smallest absolute Gasteiger partial charge is 0.487 e. The van der Waals surface area contributed by atoms with Gasteiger partial charge in [-0.05, 0) is 43.2 Å². The normalized spacial score (nSPS) is 20.7. The summed E-state index contributed by atoms with van der Waals surface area (Å²) in [6, 6.07) is 14.9. The SMILES string of the molecule is CN(C)c1ccc2cc3ccc(N(C)C)cc3[n+](CCCC(=O)NCCCCCCOP(=O)([O-])OP(=O)(O)OP(=O)(O)OC[C@H]3O[C@@H](n4cnc5c(N)ncnc54)[C@H](O)[C@@H]3O)c2c1. The molecule has 4 heterocycles. The van der Waals surface area contributed by atoms with Gasteiger partial charge < -0.3 is 55.0 Å². The van der Waals surface area contributed by atoms with E-state index in [0.29, 0.717) is 45.2 Å². The minimum absolute atomic E-state index is 0.0370. The summed E-state index contributed by atoms with van der Waals surface area (Å²) in [4.78, 5) is 60.9. The van der Waals surface area contributed by atoms with Crippen LogP contribution in [0.15, 0.2) is 55.1 Å².